The first-order valence-electron chi connectivity index (χ1n) is 8.84. The van der Waals surface area contributed by atoms with Crippen molar-refractivity contribution >= 4 is 27.6 Å². The molecule has 0 saturated heterocycles. The van der Waals surface area contributed by atoms with Crippen molar-refractivity contribution in [1.29, 1.82) is 0 Å². The van der Waals surface area contributed by atoms with E-state index in [1.54, 1.807) is 0 Å². The molecule has 0 saturated carbocycles. The topological polar surface area (TPSA) is 72.1 Å². The van der Waals surface area contributed by atoms with Crippen LogP contribution in [0.2, 0.25) is 0 Å². The third-order valence-corrected chi connectivity index (χ3v) is 5.39. The molecule has 28 heavy (non-hydrogen) atoms. The van der Waals surface area contributed by atoms with Gasteiger partial charge in [0.2, 0.25) is 0 Å². The van der Waals surface area contributed by atoms with E-state index in [-0.39, 0.29) is 18.0 Å². The molecule has 0 aliphatic heterocycles. The maximum absolute atomic E-state index is 12.4. The number of fused-ring (bicyclic) bond motifs is 1. The molecule has 0 aliphatic rings. The van der Waals surface area contributed by atoms with Crippen LogP contribution in [0.15, 0.2) is 84.0 Å². The van der Waals surface area contributed by atoms with Crippen LogP contribution in [0.4, 0.5) is 0 Å². The predicted molar refractivity (Wildman–Crippen MR) is 109 cm³/mol. The van der Waals surface area contributed by atoms with Crippen molar-refractivity contribution in [2.75, 3.05) is 5.75 Å². The zero-order valence-electron chi connectivity index (χ0n) is 15.0. The summed E-state index contributed by atoms with van der Waals surface area (Å²) in [4.78, 5) is 19.6. The van der Waals surface area contributed by atoms with Crippen molar-refractivity contribution in [3.63, 3.8) is 0 Å². The van der Waals surface area contributed by atoms with Gasteiger partial charge in [-0.15, -0.1) is 0 Å². The number of hydrogen-bond donors (Lipinski definition) is 1. The number of rotatable bonds is 7. The van der Waals surface area contributed by atoms with E-state index in [9.17, 15) is 9.00 Å². The van der Waals surface area contributed by atoms with E-state index in [0.29, 0.717) is 10.9 Å². The molecule has 5 nitrogen and oxygen atoms in total. The molecule has 1 heterocycles. The Hall–Kier alpha value is -3.25. The summed E-state index contributed by atoms with van der Waals surface area (Å²) < 4.78 is 18.2. The molecule has 4 rings (SSSR count). The third kappa shape index (κ3) is 4.35. The maximum atomic E-state index is 12.4. The molecule has 1 unspecified atom stereocenters. The number of nitrogens with zero attached hydrogens (tertiary/aromatic N) is 1. The van der Waals surface area contributed by atoms with Gasteiger partial charge in [0.1, 0.15) is 17.3 Å². The third-order valence-electron chi connectivity index (χ3n) is 4.18. The molecule has 140 valence electrons. The number of ether oxygens (including phenoxy) is 1. The van der Waals surface area contributed by atoms with Gasteiger partial charge in [-0.1, -0.05) is 42.5 Å². The number of nitrogens with one attached hydrogen (secondary N) is 1. The first kappa shape index (κ1) is 18.1. The van der Waals surface area contributed by atoms with E-state index in [2.05, 4.69) is 9.97 Å². The molecular formula is C22H18N2O3S. The van der Waals surface area contributed by atoms with Crippen LogP contribution < -0.4 is 4.74 Å². The van der Waals surface area contributed by atoms with E-state index in [0.717, 1.165) is 22.3 Å². The number of hydrogen-bond acceptors (Lipinski definition) is 4. The molecular weight excluding hydrogens is 372 g/mol. The number of carbonyl (C=O) groups excluding carboxylic acids is 1. The first-order chi connectivity index (χ1) is 13.7. The summed E-state index contributed by atoms with van der Waals surface area (Å²) >= 11 is 0. The van der Waals surface area contributed by atoms with Crippen LogP contribution >= 0.6 is 0 Å². The fourth-order valence-corrected chi connectivity index (χ4v) is 3.79. The second-order valence-corrected chi connectivity index (χ2v) is 7.69. The van der Waals surface area contributed by atoms with Gasteiger partial charge in [-0.05, 0) is 42.0 Å². The lowest BCUT2D eigenvalue weighted by atomic mass is 10.1. The molecule has 3 aromatic carbocycles. The zero-order valence-corrected chi connectivity index (χ0v) is 15.8. The highest BCUT2D eigenvalue weighted by Crippen LogP contribution is 2.21. The van der Waals surface area contributed by atoms with Crippen LogP contribution in [-0.2, 0) is 22.0 Å². The summed E-state index contributed by atoms with van der Waals surface area (Å²) in [5, 5.41) is 0.334. The number of aromatic nitrogens is 2. The van der Waals surface area contributed by atoms with Gasteiger partial charge in [-0.3, -0.25) is 9.00 Å². The number of carbonyl (C=O) groups is 1. The van der Waals surface area contributed by atoms with E-state index < -0.39 is 10.8 Å². The second kappa shape index (κ2) is 8.19. The molecule has 0 amide bonds. The Morgan fingerprint density at radius 2 is 1.57 bits per heavy atom. The molecule has 1 aromatic heterocycles. The van der Waals surface area contributed by atoms with Crippen LogP contribution in [0.1, 0.15) is 5.56 Å². The van der Waals surface area contributed by atoms with E-state index in [1.807, 2.05) is 78.9 Å². The fourth-order valence-electron chi connectivity index (χ4n) is 2.83. The predicted octanol–water partition coefficient (Wildman–Crippen LogP) is 4.27. The minimum Gasteiger partial charge on any atom is -0.457 e. The minimum atomic E-state index is -1.49. The lowest BCUT2D eigenvalue weighted by molar-refractivity contribution is -0.116. The lowest BCUT2D eigenvalue weighted by Gasteiger charge is -2.06. The van der Waals surface area contributed by atoms with Crippen molar-refractivity contribution < 1.29 is 13.7 Å². The normalized spacial score (nSPS) is 12.0. The van der Waals surface area contributed by atoms with Gasteiger partial charge in [0, 0.05) is 6.42 Å². The molecule has 0 spiro atoms. The fraction of sp³-hybridized carbons (Fsp3) is 0.0909. The molecule has 0 bridgehead atoms. The number of H-pyrrole nitrogens is 1. The molecule has 4 aromatic rings. The summed E-state index contributed by atoms with van der Waals surface area (Å²) in [7, 11) is -1.49. The summed E-state index contributed by atoms with van der Waals surface area (Å²) in [6.45, 7) is 0. The number of ketones is 1. The van der Waals surface area contributed by atoms with Crippen molar-refractivity contribution in [3.8, 4) is 11.5 Å². The summed E-state index contributed by atoms with van der Waals surface area (Å²) in [6.07, 6.45) is 0.220. The quantitative estimate of drug-likeness (QED) is 0.511. The summed E-state index contributed by atoms with van der Waals surface area (Å²) in [5.41, 5.74) is 2.41. The largest absolute Gasteiger partial charge is 0.457 e. The highest BCUT2D eigenvalue weighted by molar-refractivity contribution is 7.85. The Labute approximate surface area is 164 Å². The van der Waals surface area contributed by atoms with Gasteiger partial charge >= 0.3 is 0 Å². The van der Waals surface area contributed by atoms with Crippen molar-refractivity contribution in [2.24, 2.45) is 0 Å². The molecule has 6 heteroatoms. The maximum Gasteiger partial charge on any atom is 0.197 e. The Bertz CT molecular complexity index is 1090. The van der Waals surface area contributed by atoms with Gasteiger partial charge in [-0.25, -0.2) is 4.98 Å². The second-order valence-electron chi connectivity index (χ2n) is 6.32. The SMILES string of the molecule is O=C(Cc1ccc(Oc2ccccc2)cc1)CS(=O)c1nc2ccccc2[nH]1. The Balaban J connectivity index is 1.36. The van der Waals surface area contributed by atoms with E-state index in [4.69, 9.17) is 4.74 Å². The van der Waals surface area contributed by atoms with Crippen LogP contribution in [0.5, 0.6) is 11.5 Å². The smallest absolute Gasteiger partial charge is 0.197 e. The first-order valence-corrected chi connectivity index (χ1v) is 10.2. The van der Waals surface area contributed by atoms with Gasteiger partial charge in [0.15, 0.2) is 5.16 Å². The zero-order chi connectivity index (χ0) is 19.3. The van der Waals surface area contributed by atoms with Crippen LogP contribution in [-0.4, -0.2) is 25.7 Å². The van der Waals surface area contributed by atoms with Crippen molar-refractivity contribution in [1.82, 2.24) is 9.97 Å². The van der Waals surface area contributed by atoms with Crippen LogP contribution in [0.25, 0.3) is 11.0 Å². The number of para-hydroxylation sites is 3. The Morgan fingerprint density at radius 1 is 0.893 bits per heavy atom. The number of aromatic amines is 1. The Kier molecular flexibility index (Phi) is 5.30. The van der Waals surface area contributed by atoms with Crippen molar-refractivity contribution in [3.05, 3.63) is 84.4 Å². The molecule has 0 radical (unpaired) electrons. The average Bonchev–Trinajstić information content (AvgIpc) is 3.15. The van der Waals surface area contributed by atoms with E-state index in [1.165, 1.54) is 0 Å². The summed E-state index contributed by atoms with van der Waals surface area (Å²) in [5.74, 6) is 1.29. The number of benzene rings is 3. The van der Waals surface area contributed by atoms with Crippen molar-refractivity contribution in [2.45, 2.75) is 11.6 Å². The lowest BCUT2D eigenvalue weighted by Crippen LogP contribution is -2.14. The highest BCUT2D eigenvalue weighted by Gasteiger charge is 2.14. The Morgan fingerprint density at radius 3 is 2.32 bits per heavy atom. The van der Waals surface area contributed by atoms with Crippen LogP contribution in [0.3, 0.4) is 0 Å². The van der Waals surface area contributed by atoms with Gasteiger partial charge in [-0.2, -0.15) is 0 Å². The van der Waals surface area contributed by atoms with Gasteiger partial charge < -0.3 is 9.72 Å². The highest BCUT2D eigenvalue weighted by atomic mass is 32.2. The molecule has 0 aliphatic carbocycles. The number of Topliss-reactive ketones (excluding diaryl/α,β-unsaturated/α-hetero) is 1. The monoisotopic (exact) mass is 390 g/mol. The van der Waals surface area contributed by atoms with Crippen LogP contribution in [0, 0.1) is 0 Å². The minimum absolute atomic E-state index is 0.0674. The van der Waals surface area contributed by atoms with Gasteiger partial charge in [0.25, 0.3) is 0 Å². The number of imidazole rings is 1. The standard InChI is InChI=1S/C22H18N2O3S/c25-17(15-28(26)22-23-20-8-4-5-9-21(20)24-22)14-16-10-12-19(13-11-16)27-18-6-2-1-3-7-18/h1-13H,14-15H2,(H,23,24). The van der Waals surface area contributed by atoms with E-state index >= 15 is 0 Å². The average molecular weight is 390 g/mol. The molecule has 1 N–H and O–H groups in total. The molecule has 1 atom stereocenters. The molecule has 0 fully saturated rings. The summed E-state index contributed by atoms with van der Waals surface area (Å²) in [6, 6.07) is 24.3. The van der Waals surface area contributed by atoms with Gasteiger partial charge in [0.05, 0.1) is 27.6 Å².